The van der Waals surface area contributed by atoms with Crippen LogP contribution in [0, 0.1) is 0 Å². The first-order chi connectivity index (χ1) is 5.16. The van der Waals surface area contributed by atoms with E-state index in [9.17, 15) is 14.7 Å². The maximum atomic E-state index is 10.3. The molecule has 62 valence electrons. The van der Waals surface area contributed by atoms with Crippen molar-refractivity contribution in [2.75, 3.05) is 13.2 Å². The van der Waals surface area contributed by atoms with Gasteiger partial charge in [-0.15, -0.1) is 0 Å². The molecule has 0 aromatic rings. The molecular formula is C6H8LiNO4. The number of nitrogens with one attached hydrogen (secondary N) is 1. The molecule has 0 spiro atoms. The second-order valence-electron chi connectivity index (χ2n) is 1.59. The molecule has 1 N–H and O–H groups in total. The van der Waals surface area contributed by atoms with Gasteiger partial charge in [0.05, 0.1) is 6.54 Å². The van der Waals surface area contributed by atoms with Gasteiger partial charge in [-0.05, 0) is 0 Å². The molecule has 1 amide bonds. The molecule has 6 heteroatoms. The third-order valence-electron chi connectivity index (χ3n) is 0.782. The summed E-state index contributed by atoms with van der Waals surface area (Å²) in [5, 5.41) is 11.6. The minimum atomic E-state index is -1.39. The molecule has 5 nitrogen and oxygen atoms in total. The van der Waals surface area contributed by atoms with Crippen molar-refractivity contribution in [1.29, 1.82) is 0 Å². The zero-order chi connectivity index (χ0) is 8.69. The van der Waals surface area contributed by atoms with Gasteiger partial charge in [0.1, 0.15) is 12.7 Å². The minimum Gasteiger partial charge on any atom is -0.530 e. The quantitative estimate of drug-likeness (QED) is 0.197. The Morgan fingerprint density at radius 1 is 1.58 bits per heavy atom. The smallest absolute Gasteiger partial charge is 0.530 e. The second kappa shape index (κ2) is 8.18. The van der Waals surface area contributed by atoms with Crippen molar-refractivity contribution in [2.24, 2.45) is 0 Å². The van der Waals surface area contributed by atoms with Gasteiger partial charge in [0.2, 0.25) is 0 Å². The van der Waals surface area contributed by atoms with Crippen molar-refractivity contribution in [3.8, 4) is 0 Å². The molecule has 0 rings (SSSR count). The van der Waals surface area contributed by atoms with Gasteiger partial charge in [0.25, 0.3) is 0 Å². The van der Waals surface area contributed by atoms with Gasteiger partial charge in [-0.1, -0.05) is 6.58 Å². The molecule has 0 saturated heterocycles. The largest absolute Gasteiger partial charge is 1.00 e. The van der Waals surface area contributed by atoms with Crippen molar-refractivity contribution >= 4 is 12.1 Å². The summed E-state index contributed by atoms with van der Waals surface area (Å²) in [7, 11) is 0. The molecule has 0 aliphatic rings. The van der Waals surface area contributed by atoms with Crippen molar-refractivity contribution in [3.05, 3.63) is 12.7 Å². The fourth-order valence-electron chi connectivity index (χ4n) is 0.364. The van der Waals surface area contributed by atoms with Crippen LogP contribution in [0.15, 0.2) is 12.7 Å². The number of carbonyl (C=O) groups is 2. The van der Waals surface area contributed by atoms with Crippen LogP contribution in [0.5, 0.6) is 0 Å². The summed E-state index contributed by atoms with van der Waals surface area (Å²) < 4.78 is 4.43. The Morgan fingerprint density at radius 2 is 2.17 bits per heavy atom. The summed E-state index contributed by atoms with van der Waals surface area (Å²) in [4.78, 5) is 20.1. The SMILES string of the molecule is C=CC(=O)OCCNC(=O)[O-].[Li+]. The number of carbonyl (C=O) groups excluding carboxylic acids is 2. The van der Waals surface area contributed by atoms with Crippen molar-refractivity contribution in [1.82, 2.24) is 5.32 Å². The van der Waals surface area contributed by atoms with Gasteiger partial charge in [0, 0.05) is 6.08 Å². The van der Waals surface area contributed by atoms with E-state index in [0.717, 1.165) is 6.08 Å². The molecule has 0 aliphatic heterocycles. The van der Waals surface area contributed by atoms with E-state index in [1.807, 2.05) is 5.32 Å². The van der Waals surface area contributed by atoms with E-state index >= 15 is 0 Å². The minimum absolute atomic E-state index is 0. The predicted octanol–water partition coefficient (Wildman–Crippen LogP) is -4.35. The van der Waals surface area contributed by atoms with Crippen LogP contribution in [0.3, 0.4) is 0 Å². The van der Waals surface area contributed by atoms with Crippen LogP contribution in [0.2, 0.25) is 0 Å². The average molecular weight is 165 g/mol. The predicted molar refractivity (Wildman–Crippen MR) is 34.6 cm³/mol. The molecule has 0 saturated carbocycles. The number of hydrogen-bond acceptors (Lipinski definition) is 4. The molecule has 0 atom stereocenters. The summed E-state index contributed by atoms with van der Waals surface area (Å²) in [5.74, 6) is -0.579. The first kappa shape index (κ1) is 13.7. The molecule has 0 heterocycles. The Labute approximate surface area is 82.0 Å². The van der Waals surface area contributed by atoms with E-state index in [-0.39, 0.29) is 32.0 Å². The van der Waals surface area contributed by atoms with Gasteiger partial charge in [0.15, 0.2) is 0 Å². The Hall–Kier alpha value is -0.923. The Kier molecular flexibility index (Phi) is 9.30. The van der Waals surface area contributed by atoms with Crippen LogP contribution in [0.4, 0.5) is 4.79 Å². The fourth-order valence-corrected chi connectivity index (χ4v) is 0.364. The molecular weight excluding hydrogens is 157 g/mol. The zero-order valence-electron chi connectivity index (χ0n) is 6.83. The normalized spacial score (nSPS) is 7.67. The second-order valence-corrected chi connectivity index (χ2v) is 1.59. The van der Waals surface area contributed by atoms with E-state index in [1.165, 1.54) is 0 Å². The summed E-state index contributed by atoms with van der Waals surface area (Å²) in [6.45, 7) is 3.17. The molecule has 12 heavy (non-hydrogen) atoms. The standard InChI is InChI=1S/C6H9NO4.Li/c1-2-5(8)11-4-3-7-6(9)10;/h2,7H,1,3-4H2,(H,9,10);/q;+1/p-1. The number of ether oxygens (including phenoxy) is 1. The van der Waals surface area contributed by atoms with Crippen molar-refractivity contribution in [3.63, 3.8) is 0 Å². The zero-order valence-corrected chi connectivity index (χ0v) is 6.83. The molecule has 0 fully saturated rings. The van der Waals surface area contributed by atoms with Crippen LogP contribution in [-0.4, -0.2) is 25.2 Å². The van der Waals surface area contributed by atoms with Gasteiger partial charge >= 0.3 is 24.8 Å². The Bertz CT molecular complexity index is 171. The van der Waals surface area contributed by atoms with Crippen molar-refractivity contribution < 1.29 is 38.3 Å². The van der Waals surface area contributed by atoms with Crippen LogP contribution < -0.4 is 29.3 Å². The summed E-state index contributed by atoms with van der Waals surface area (Å²) in [6.07, 6.45) is -0.390. The van der Waals surface area contributed by atoms with Gasteiger partial charge < -0.3 is 20.0 Å². The first-order valence-corrected chi connectivity index (χ1v) is 2.91. The number of hydrogen-bond donors (Lipinski definition) is 1. The molecule has 0 bridgehead atoms. The maximum absolute atomic E-state index is 10.3. The average Bonchev–Trinajstić information content (AvgIpc) is 1.97. The van der Waals surface area contributed by atoms with E-state index in [2.05, 4.69) is 11.3 Å². The van der Waals surface area contributed by atoms with E-state index in [4.69, 9.17) is 0 Å². The molecule has 0 aromatic carbocycles. The summed E-state index contributed by atoms with van der Waals surface area (Å²) in [6, 6.07) is 0. The van der Waals surface area contributed by atoms with Crippen LogP contribution in [0.1, 0.15) is 0 Å². The molecule has 0 radical (unpaired) electrons. The van der Waals surface area contributed by atoms with Crippen LogP contribution in [-0.2, 0) is 9.53 Å². The van der Waals surface area contributed by atoms with Gasteiger partial charge in [-0.3, -0.25) is 0 Å². The first-order valence-electron chi connectivity index (χ1n) is 2.91. The van der Waals surface area contributed by atoms with Crippen molar-refractivity contribution in [2.45, 2.75) is 0 Å². The molecule has 0 aromatic heterocycles. The van der Waals surface area contributed by atoms with E-state index in [1.54, 1.807) is 0 Å². The topological polar surface area (TPSA) is 78.5 Å². The number of carboxylic acid groups (broad SMARTS) is 1. The summed E-state index contributed by atoms with van der Waals surface area (Å²) >= 11 is 0. The van der Waals surface area contributed by atoms with Crippen LogP contribution in [0.25, 0.3) is 0 Å². The van der Waals surface area contributed by atoms with Gasteiger partial charge in [-0.25, -0.2) is 4.79 Å². The maximum Gasteiger partial charge on any atom is 1.00 e. The third kappa shape index (κ3) is 9.08. The molecule has 0 aliphatic carbocycles. The van der Waals surface area contributed by atoms with E-state index < -0.39 is 12.1 Å². The molecule has 0 unspecified atom stereocenters. The monoisotopic (exact) mass is 165 g/mol. The number of rotatable bonds is 4. The third-order valence-corrected chi connectivity index (χ3v) is 0.782. The number of amides is 1. The Balaban J connectivity index is 0. The summed E-state index contributed by atoms with van der Waals surface area (Å²) in [5.41, 5.74) is 0. The Morgan fingerprint density at radius 3 is 2.58 bits per heavy atom. The van der Waals surface area contributed by atoms with E-state index in [0.29, 0.717) is 0 Å². The number of esters is 1. The van der Waals surface area contributed by atoms with Crippen LogP contribution >= 0.6 is 0 Å². The fraction of sp³-hybridized carbons (Fsp3) is 0.333. The van der Waals surface area contributed by atoms with Gasteiger partial charge in [-0.2, -0.15) is 0 Å².